The van der Waals surface area contributed by atoms with Crippen LogP contribution in [-0.4, -0.2) is 18.0 Å². The minimum Gasteiger partial charge on any atom is -0.504 e. The molecule has 0 saturated heterocycles. The number of carbonyl (C=O) groups excluding carboxylic acids is 1. The van der Waals surface area contributed by atoms with Gasteiger partial charge in [0, 0.05) is 23.3 Å². The number of methoxy groups -OCH3 is 1. The zero-order valence-electron chi connectivity index (χ0n) is 21.0. The van der Waals surface area contributed by atoms with Gasteiger partial charge in [-0.2, -0.15) is 0 Å². The molecule has 32 heavy (non-hydrogen) atoms. The monoisotopic (exact) mass is 436 g/mol. The number of benzene rings is 1. The Morgan fingerprint density at radius 3 is 2.44 bits per heavy atom. The Hall–Kier alpha value is -1.77. The summed E-state index contributed by atoms with van der Waals surface area (Å²) in [5, 5.41) is 10.8. The maximum atomic E-state index is 12.7. The summed E-state index contributed by atoms with van der Waals surface area (Å²) in [7, 11) is 1.63. The topological polar surface area (TPSA) is 46.5 Å². The van der Waals surface area contributed by atoms with Crippen LogP contribution in [0.25, 0.3) is 6.08 Å². The van der Waals surface area contributed by atoms with E-state index >= 15 is 0 Å². The van der Waals surface area contributed by atoms with Crippen LogP contribution < -0.4 is 4.74 Å². The van der Waals surface area contributed by atoms with Gasteiger partial charge in [0.15, 0.2) is 11.5 Å². The average molecular weight is 437 g/mol. The Balaban J connectivity index is 1.63. The maximum Gasteiger partial charge on any atom is 0.163 e. The van der Waals surface area contributed by atoms with Crippen LogP contribution in [0.15, 0.2) is 12.1 Å². The Bertz CT molecular complexity index is 1020. The molecule has 0 radical (unpaired) electrons. The number of fused-ring (bicyclic) bond motifs is 7. The van der Waals surface area contributed by atoms with Gasteiger partial charge >= 0.3 is 0 Å². The number of hydrogen-bond acceptors (Lipinski definition) is 3. The van der Waals surface area contributed by atoms with Gasteiger partial charge in [-0.05, 0) is 84.3 Å². The molecule has 1 aromatic rings. The van der Waals surface area contributed by atoms with Crippen LogP contribution >= 0.6 is 0 Å². The fraction of sp³-hybridized carbons (Fsp3) is 0.690. The van der Waals surface area contributed by atoms with Crippen molar-refractivity contribution < 1.29 is 14.6 Å². The summed E-state index contributed by atoms with van der Waals surface area (Å²) in [6, 6.07) is 1.98. The normalized spacial score (nSPS) is 44.8. The molecule has 4 aliphatic carbocycles. The van der Waals surface area contributed by atoms with E-state index in [1.165, 1.54) is 24.0 Å². The number of allylic oxidation sites excluding steroid dienone is 1. The second-order valence-electron chi connectivity index (χ2n) is 12.6. The van der Waals surface area contributed by atoms with Gasteiger partial charge in [-0.1, -0.05) is 46.8 Å². The number of ketones is 1. The standard InChI is InChI=1S/C29H40O3/c1-17-14-24-26(3,16-22(17)31)10-12-28(5)23-9-8-19-18(2)25(32-7)21(30)15-20(19)27(23,4)11-13-29(24,28)6/h8-9,15,17,23-24,30H,10-14,16H2,1-7H3. The molecule has 5 rings (SSSR count). The number of carbonyl (C=O) groups is 1. The number of hydrogen-bond donors (Lipinski definition) is 1. The molecular formula is C29H40O3. The first kappa shape index (κ1) is 22.0. The van der Waals surface area contributed by atoms with Crippen LogP contribution in [0.4, 0.5) is 0 Å². The molecule has 174 valence electrons. The van der Waals surface area contributed by atoms with Gasteiger partial charge in [-0.3, -0.25) is 4.79 Å². The van der Waals surface area contributed by atoms with Crippen molar-refractivity contribution in [2.24, 2.45) is 34.0 Å². The molecule has 3 saturated carbocycles. The van der Waals surface area contributed by atoms with Gasteiger partial charge in [0.05, 0.1) is 7.11 Å². The van der Waals surface area contributed by atoms with E-state index in [2.05, 4.69) is 53.7 Å². The first-order valence-electron chi connectivity index (χ1n) is 12.5. The van der Waals surface area contributed by atoms with Crippen molar-refractivity contribution in [3.8, 4) is 11.5 Å². The number of phenols is 1. The number of Topliss-reactive ketones (excluding diaryl/α,β-unsaturated/α-hetero) is 1. The SMILES string of the molecule is COc1c(O)cc2c(c1C)C=CC1C2(C)CCC2(C)C3CC(C)C(=O)CC3(C)CCC12C. The highest BCUT2D eigenvalue weighted by Gasteiger charge is 2.67. The van der Waals surface area contributed by atoms with Gasteiger partial charge in [0.25, 0.3) is 0 Å². The number of ether oxygens (including phenoxy) is 1. The zero-order valence-corrected chi connectivity index (χ0v) is 21.0. The van der Waals surface area contributed by atoms with Crippen LogP contribution in [0.1, 0.15) is 89.8 Å². The molecule has 0 aromatic heterocycles. The lowest BCUT2D eigenvalue weighted by molar-refractivity contribution is -0.191. The molecule has 0 amide bonds. The molecule has 0 bridgehead atoms. The molecule has 3 heteroatoms. The molecule has 7 atom stereocenters. The second kappa shape index (κ2) is 6.64. The number of rotatable bonds is 1. The van der Waals surface area contributed by atoms with Gasteiger partial charge in [0.1, 0.15) is 5.78 Å². The van der Waals surface area contributed by atoms with Crippen molar-refractivity contribution in [2.75, 3.05) is 7.11 Å². The third-order valence-corrected chi connectivity index (χ3v) is 11.2. The molecule has 1 N–H and O–H groups in total. The lowest BCUT2D eigenvalue weighted by atomic mass is 9.34. The fourth-order valence-electron chi connectivity index (χ4n) is 8.99. The zero-order chi connectivity index (χ0) is 23.3. The van der Waals surface area contributed by atoms with Gasteiger partial charge in [-0.15, -0.1) is 0 Å². The highest BCUT2D eigenvalue weighted by Crippen LogP contribution is 2.74. The maximum absolute atomic E-state index is 12.7. The highest BCUT2D eigenvalue weighted by molar-refractivity contribution is 5.82. The summed E-state index contributed by atoms with van der Waals surface area (Å²) < 4.78 is 5.51. The Morgan fingerprint density at radius 1 is 1.06 bits per heavy atom. The van der Waals surface area contributed by atoms with E-state index in [1.54, 1.807) is 7.11 Å². The predicted octanol–water partition coefficient (Wildman–Crippen LogP) is 6.83. The Morgan fingerprint density at radius 2 is 1.75 bits per heavy atom. The highest BCUT2D eigenvalue weighted by atomic mass is 16.5. The number of phenolic OH excluding ortho intramolecular Hbond substituents is 1. The molecule has 0 heterocycles. The molecule has 1 aromatic carbocycles. The van der Waals surface area contributed by atoms with Crippen LogP contribution in [0.5, 0.6) is 11.5 Å². The van der Waals surface area contributed by atoms with E-state index < -0.39 is 0 Å². The van der Waals surface area contributed by atoms with Gasteiger partial charge in [0.2, 0.25) is 0 Å². The van der Waals surface area contributed by atoms with Crippen molar-refractivity contribution >= 4 is 11.9 Å². The third-order valence-electron chi connectivity index (χ3n) is 11.2. The predicted molar refractivity (Wildman–Crippen MR) is 129 cm³/mol. The molecule has 4 aliphatic rings. The summed E-state index contributed by atoms with van der Waals surface area (Å²) in [5.74, 6) is 2.53. The first-order chi connectivity index (χ1) is 14.9. The minimum absolute atomic E-state index is 0.00328. The number of aromatic hydroxyl groups is 1. The summed E-state index contributed by atoms with van der Waals surface area (Å²) in [6.07, 6.45) is 11.2. The van der Waals surface area contributed by atoms with Crippen molar-refractivity contribution in [3.05, 3.63) is 28.8 Å². The average Bonchev–Trinajstić information content (AvgIpc) is 2.73. The van der Waals surface area contributed by atoms with E-state index in [1.807, 2.05) is 6.07 Å². The summed E-state index contributed by atoms with van der Waals surface area (Å²) in [4.78, 5) is 12.7. The van der Waals surface area contributed by atoms with Crippen LogP contribution in [0.2, 0.25) is 0 Å². The van der Waals surface area contributed by atoms with Crippen molar-refractivity contribution in [1.82, 2.24) is 0 Å². The lowest BCUT2D eigenvalue weighted by Gasteiger charge is -2.70. The molecule has 0 aliphatic heterocycles. The molecule has 0 spiro atoms. The second-order valence-corrected chi connectivity index (χ2v) is 12.6. The summed E-state index contributed by atoms with van der Waals surface area (Å²) in [6.45, 7) is 14.1. The molecule has 3 fully saturated rings. The van der Waals surface area contributed by atoms with Crippen LogP contribution in [-0.2, 0) is 10.2 Å². The third kappa shape index (κ3) is 2.51. The lowest BCUT2D eigenvalue weighted by Crippen LogP contribution is -2.64. The summed E-state index contributed by atoms with van der Waals surface area (Å²) in [5.41, 5.74) is 4.06. The molecule has 7 unspecified atom stereocenters. The van der Waals surface area contributed by atoms with Crippen molar-refractivity contribution in [3.63, 3.8) is 0 Å². The molecule has 3 nitrogen and oxygen atoms in total. The Kier molecular flexibility index (Phi) is 4.57. The summed E-state index contributed by atoms with van der Waals surface area (Å²) >= 11 is 0. The fourth-order valence-corrected chi connectivity index (χ4v) is 8.99. The van der Waals surface area contributed by atoms with Gasteiger partial charge in [-0.25, -0.2) is 0 Å². The Labute approximate surface area is 193 Å². The minimum atomic E-state index is -0.00328. The smallest absolute Gasteiger partial charge is 0.163 e. The van der Waals surface area contributed by atoms with Crippen molar-refractivity contribution in [1.29, 1.82) is 0 Å². The van der Waals surface area contributed by atoms with E-state index in [0.717, 1.165) is 31.2 Å². The van der Waals surface area contributed by atoms with Crippen molar-refractivity contribution in [2.45, 2.75) is 85.5 Å². The quantitative estimate of drug-likeness (QED) is 0.525. The van der Waals surface area contributed by atoms with Crippen LogP contribution in [0.3, 0.4) is 0 Å². The molecular weight excluding hydrogens is 396 g/mol. The van der Waals surface area contributed by atoms with Gasteiger partial charge < -0.3 is 9.84 Å². The van der Waals surface area contributed by atoms with E-state index in [-0.39, 0.29) is 33.3 Å². The first-order valence-corrected chi connectivity index (χ1v) is 12.5. The van der Waals surface area contributed by atoms with E-state index in [9.17, 15) is 9.90 Å². The largest absolute Gasteiger partial charge is 0.504 e. The van der Waals surface area contributed by atoms with E-state index in [4.69, 9.17) is 4.74 Å². The van der Waals surface area contributed by atoms with Crippen LogP contribution in [0, 0.1) is 40.9 Å². The van der Waals surface area contributed by atoms with E-state index in [0.29, 0.717) is 23.4 Å².